The quantitative estimate of drug-likeness (QED) is 0.491. The zero-order valence-electron chi connectivity index (χ0n) is 15.5. The number of hydrogen-bond donors (Lipinski definition) is 0. The molecule has 1 saturated heterocycles. The van der Waals surface area contributed by atoms with Crippen LogP contribution in [0.4, 0.5) is 0 Å². The lowest BCUT2D eigenvalue weighted by Crippen LogP contribution is -2.70. The fourth-order valence-corrected chi connectivity index (χ4v) is 3.23. The van der Waals surface area contributed by atoms with E-state index in [1.807, 2.05) is 0 Å². The summed E-state index contributed by atoms with van der Waals surface area (Å²) in [6.07, 6.45) is -1.84. The summed E-state index contributed by atoms with van der Waals surface area (Å²) >= 11 is 0. The average Bonchev–Trinajstić information content (AvgIpc) is 2.61. The second kappa shape index (κ2) is 7.26. The van der Waals surface area contributed by atoms with Gasteiger partial charge in [-0.15, -0.1) is 0 Å². The van der Waals surface area contributed by atoms with Gasteiger partial charge < -0.3 is 33.2 Å². The van der Waals surface area contributed by atoms with Gasteiger partial charge in [0.25, 0.3) is 0 Å². The Kier molecular flexibility index (Phi) is 5.87. The van der Waals surface area contributed by atoms with Crippen LogP contribution in [0.2, 0.25) is 0 Å². The van der Waals surface area contributed by atoms with E-state index < -0.39 is 35.4 Å². The Labute approximate surface area is 146 Å². The highest BCUT2D eigenvalue weighted by molar-refractivity contribution is 5.93. The second-order valence-corrected chi connectivity index (χ2v) is 6.38. The van der Waals surface area contributed by atoms with Crippen LogP contribution >= 0.6 is 0 Å². The molecule has 0 aromatic heterocycles. The zero-order chi connectivity index (χ0) is 18.9. The Morgan fingerprint density at radius 1 is 1.12 bits per heavy atom. The van der Waals surface area contributed by atoms with Gasteiger partial charge in [-0.05, 0) is 13.8 Å². The van der Waals surface area contributed by atoms with E-state index in [-0.39, 0.29) is 25.4 Å². The molecular formula is C16H26O9. The first-order chi connectivity index (χ1) is 11.7. The molecule has 0 radical (unpaired) electrons. The fourth-order valence-electron chi connectivity index (χ4n) is 3.23. The summed E-state index contributed by atoms with van der Waals surface area (Å²) in [6, 6.07) is 0. The van der Waals surface area contributed by atoms with Crippen LogP contribution in [0.15, 0.2) is 0 Å². The maximum absolute atomic E-state index is 12.7. The van der Waals surface area contributed by atoms with Crippen molar-refractivity contribution in [1.82, 2.24) is 0 Å². The van der Waals surface area contributed by atoms with Crippen molar-refractivity contribution in [1.29, 1.82) is 0 Å². The monoisotopic (exact) mass is 362 g/mol. The van der Waals surface area contributed by atoms with Gasteiger partial charge in [-0.1, -0.05) is 0 Å². The van der Waals surface area contributed by atoms with Crippen molar-refractivity contribution in [3.05, 3.63) is 0 Å². The first-order valence-corrected chi connectivity index (χ1v) is 7.91. The van der Waals surface area contributed by atoms with Crippen molar-refractivity contribution in [3.8, 4) is 0 Å². The minimum Gasteiger partial charge on any atom is -0.467 e. The molecule has 9 heteroatoms. The van der Waals surface area contributed by atoms with Crippen LogP contribution in [0.25, 0.3) is 0 Å². The fraction of sp³-hybridized carbons (Fsp3) is 0.875. The summed E-state index contributed by atoms with van der Waals surface area (Å²) in [5.74, 6) is -3.60. The molecule has 0 spiro atoms. The molecule has 9 nitrogen and oxygen atoms in total. The third-order valence-electron chi connectivity index (χ3n) is 4.99. The largest absolute Gasteiger partial charge is 0.467 e. The summed E-state index contributed by atoms with van der Waals surface area (Å²) < 4.78 is 38.0. The summed E-state index contributed by atoms with van der Waals surface area (Å²) in [5.41, 5.74) is -1.50. The molecule has 0 N–H and O–H groups in total. The van der Waals surface area contributed by atoms with Crippen LogP contribution in [0.5, 0.6) is 0 Å². The maximum atomic E-state index is 12.7. The summed E-state index contributed by atoms with van der Waals surface area (Å²) in [6.45, 7) is 3.10. The van der Waals surface area contributed by atoms with Crippen LogP contribution in [0.1, 0.15) is 26.7 Å². The van der Waals surface area contributed by atoms with Crippen molar-refractivity contribution in [3.63, 3.8) is 0 Å². The lowest BCUT2D eigenvalue weighted by Gasteiger charge is -2.54. The number of carbonyl (C=O) groups excluding carboxylic acids is 2. The standard InChI is InChI=1S/C16H26O9/c1-14(21-5)15(2,22-6)25-12-10(17)7-16(13(18)20-4,23-9-19-3)8-11(12)24-14/h11-12H,7-9H2,1-6H3/t11-,12-,14+,15+,16+/m1/s1. The lowest BCUT2D eigenvalue weighted by atomic mass is 9.79. The molecule has 0 bridgehead atoms. The highest BCUT2D eigenvalue weighted by atomic mass is 16.8. The van der Waals surface area contributed by atoms with Gasteiger partial charge in [-0.2, -0.15) is 0 Å². The topological polar surface area (TPSA) is 98.8 Å². The molecule has 1 heterocycles. The third-order valence-corrected chi connectivity index (χ3v) is 4.99. The van der Waals surface area contributed by atoms with Gasteiger partial charge in [0.2, 0.25) is 11.6 Å². The SMILES string of the molecule is COCO[C@@]1(C(=O)OC)CC(=O)[C@H]2O[C@](C)(OC)[C@@](C)(OC)O[C@@H]2C1. The van der Waals surface area contributed by atoms with E-state index in [4.69, 9.17) is 33.2 Å². The van der Waals surface area contributed by atoms with Gasteiger partial charge in [-0.3, -0.25) is 4.79 Å². The van der Waals surface area contributed by atoms with Gasteiger partial charge in [0.15, 0.2) is 11.4 Å². The Hall–Kier alpha value is -1.10. The van der Waals surface area contributed by atoms with Crippen LogP contribution in [-0.2, 0) is 42.7 Å². The van der Waals surface area contributed by atoms with Crippen molar-refractivity contribution in [2.75, 3.05) is 35.2 Å². The number of ether oxygens (including phenoxy) is 7. The van der Waals surface area contributed by atoms with Crippen molar-refractivity contribution < 1.29 is 42.7 Å². The normalized spacial score (nSPS) is 41.3. The number of carbonyl (C=O) groups is 2. The van der Waals surface area contributed by atoms with Crippen molar-refractivity contribution >= 4 is 11.8 Å². The molecule has 2 rings (SSSR count). The van der Waals surface area contributed by atoms with E-state index in [0.29, 0.717) is 0 Å². The highest BCUT2D eigenvalue weighted by Gasteiger charge is 2.63. The number of esters is 1. The zero-order valence-corrected chi connectivity index (χ0v) is 15.5. The van der Waals surface area contributed by atoms with Crippen LogP contribution in [0.3, 0.4) is 0 Å². The van der Waals surface area contributed by atoms with E-state index in [9.17, 15) is 9.59 Å². The number of methoxy groups -OCH3 is 4. The van der Waals surface area contributed by atoms with Crippen molar-refractivity contribution in [2.24, 2.45) is 0 Å². The van der Waals surface area contributed by atoms with Gasteiger partial charge in [0.1, 0.15) is 12.9 Å². The Bertz CT molecular complexity index is 524. The Morgan fingerprint density at radius 3 is 2.24 bits per heavy atom. The summed E-state index contributed by atoms with van der Waals surface area (Å²) in [7, 11) is 5.54. The summed E-state index contributed by atoms with van der Waals surface area (Å²) in [5, 5.41) is 0. The van der Waals surface area contributed by atoms with E-state index in [0.717, 1.165) is 0 Å². The molecule has 0 unspecified atom stereocenters. The molecular weight excluding hydrogens is 336 g/mol. The Morgan fingerprint density at radius 2 is 1.72 bits per heavy atom. The third kappa shape index (κ3) is 3.32. The number of rotatable bonds is 6. The molecule has 0 aromatic carbocycles. The number of fused-ring (bicyclic) bond motifs is 1. The van der Waals surface area contributed by atoms with Gasteiger partial charge in [0.05, 0.1) is 13.2 Å². The highest BCUT2D eigenvalue weighted by Crippen LogP contribution is 2.45. The molecule has 1 aliphatic heterocycles. The molecule has 2 aliphatic rings. The minimum atomic E-state index is -1.50. The van der Waals surface area contributed by atoms with E-state index in [1.54, 1.807) is 13.8 Å². The molecule has 2 fully saturated rings. The second-order valence-electron chi connectivity index (χ2n) is 6.38. The van der Waals surface area contributed by atoms with E-state index in [2.05, 4.69) is 0 Å². The number of ketones is 1. The van der Waals surface area contributed by atoms with Crippen LogP contribution in [0, 0.1) is 0 Å². The average molecular weight is 362 g/mol. The molecule has 25 heavy (non-hydrogen) atoms. The van der Waals surface area contributed by atoms with E-state index >= 15 is 0 Å². The smallest absolute Gasteiger partial charge is 0.338 e. The molecule has 5 atom stereocenters. The van der Waals surface area contributed by atoms with Crippen LogP contribution in [-0.4, -0.2) is 76.4 Å². The number of Topliss-reactive ketones (excluding diaryl/α,β-unsaturated/α-hetero) is 1. The molecule has 0 aromatic rings. The minimum absolute atomic E-state index is 0.0538. The van der Waals surface area contributed by atoms with Crippen molar-refractivity contribution in [2.45, 2.75) is 56.1 Å². The maximum Gasteiger partial charge on any atom is 0.338 e. The molecule has 1 saturated carbocycles. The van der Waals surface area contributed by atoms with Crippen LogP contribution < -0.4 is 0 Å². The lowest BCUT2D eigenvalue weighted by molar-refractivity contribution is -0.446. The molecule has 0 amide bonds. The van der Waals surface area contributed by atoms with Gasteiger partial charge >= 0.3 is 5.97 Å². The van der Waals surface area contributed by atoms with Gasteiger partial charge in [0, 0.05) is 34.2 Å². The number of hydrogen-bond acceptors (Lipinski definition) is 9. The molecule has 144 valence electrons. The van der Waals surface area contributed by atoms with E-state index in [1.165, 1.54) is 28.4 Å². The predicted octanol–water partition coefficient (Wildman–Crippen LogP) is 0.391. The first kappa shape index (κ1) is 20.2. The summed E-state index contributed by atoms with van der Waals surface area (Å²) in [4.78, 5) is 25.0. The first-order valence-electron chi connectivity index (χ1n) is 7.91. The molecule has 1 aliphatic carbocycles. The Balaban J connectivity index is 2.34. The van der Waals surface area contributed by atoms with Gasteiger partial charge in [-0.25, -0.2) is 4.79 Å². The predicted molar refractivity (Wildman–Crippen MR) is 82.5 cm³/mol.